The van der Waals surface area contributed by atoms with E-state index in [4.69, 9.17) is 5.11 Å². The molecule has 1 fully saturated rings. The fraction of sp³-hybridized carbons (Fsp3) is 0.318. The number of hydrogen-bond acceptors (Lipinski definition) is 5. The van der Waals surface area contributed by atoms with Crippen molar-refractivity contribution in [3.8, 4) is 11.1 Å². The van der Waals surface area contributed by atoms with E-state index in [1.165, 1.54) is 5.39 Å². The van der Waals surface area contributed by atoms with Gasteiger partial charge in [0.15, 0.2) is 5.65 Å². The number of fused-ring (bicyclic) bond motifs is 2. The fourth-order valence-corrected chi connectivity index (χ4v) is 5.08. The van der Waals surface area contributed by atoms with E-state index in [9.17, 15) is 4.79 Å². The Bertz CT molecular complexity index is 1190. The zero-order chi connectivity index (χ0) is 20.5. The quantitative estimate of drug-likeness (QED) is 0.544. The molecule has 1 N–H and O–H groups in total. The molecule has 0 atom stereocenters. The molecule has 29 heavy (non-hydrogen) atoms. The van der Waals surface area contributed by atoms with Crippen LogP contribution in [0, 0.1) is 6.92 Å². The van der Waals surface area contributed by atoms with E-state index in [0.717, 1.165) is 70.3 Å². The minimum absolute atomic E-state index is 0.186. The molecule has 150 valence electrons. The highest BCUT2D eigenvalue weighted by Crippen LogP contribution is 2.35. The molecule has 0 bridgehead atoms. The van der Waals surface area contributed by atoms with Crippen molar-refractivity contribution >= 4 is 38.4 Å². The zero-order valence-corrected chi connectivity index (χ0v) is 17.7. The molecule has 1 aliphatic heterocycles. The summed E-state index contributed by atoms with van der Waals surface area (Å²) in [5.74, 6) is 0.186. The van der Waals surface area contributed by atoms with Gasteiger partial charge >= 0.3 is 0 Å². The van der Waals surface area contributed by atoms with E-state index in [1.807, 2.05) is 24.3 Å². The SMILES string of the molecule is CO.Cc1c(C(=O)N2CCCC2)sc2cc(-c3cnc4nn(C)cc4c3)ccc12. The molecule has 4 aromatic rings. The number of aliphatic hydroxyl groups is 1. The van der Waals surface area contributed by atoms with Crippen LogP contribution in [0.3, 0.4) is 0 Å². The second-order valence-electron chi connectivity index (χ2n) is 7.21. The number of aromatic nitrogens is 3. The molecular formula is C22H24N4O2S. The highest BCUT2D eigenvalue weighted by molar-refractivity contribution is 7.21. The van der Waals surface area contributed by atoms with Gasteiger partial charge in [0.05, 0.1) is 4.88 Å². The number of amides is 1. The van der Waals surface area contributed by atoms with Crippen LogP contribution < -0.4 is 0 Å². The Kier molecular flexibility index (Phi) is 5.34. The van der Waals surface area contributed by atoms with Crippen LogP contribution in [-0.2, 0) is 7.05 Å². The standard InChI is InChI=1S/C21H20N4OS.CH4O/c1-13-17-6-5-14(15-9-16-12-24(2)23-20(16)22-11-15)10-18(17)27-19(13)21(26)25-7-3-4-8-25;1-2/h5-6,9-12H,3-4,7-8H2,1-2H3;2H,1H3. The Morgan fingerprint density at radius 2 is 1.90 bits per heavy atom. The third kappa shape index (κ3) is 3.52. The lowest BCUT2D eigenvalue weighted by molar-refractivity contribution is 0.0797. The van der Waals surface area contributed by atoms with Crippen molar-refractivity contribution < 1.29 is 9.90 Å². The van der Waals surface area contributed by atoms with Gasteiger partial charge in [0, 0.05) is 55.3 Å². The summed E-state index contributed by atoms with van der Waals surface area (Å²) < 4.78 is 2.93. The molecule has 0 unspecified atom stereocenters. The highest BCUT2D eigenvalue weighted by atomic mass is 32.1. The maximum absolute atomic E-state index is 12.9. The van der Waals surface area contributed by atoms with E-state index >= 15 is 0 Å². The zero-order valence-electron chi connectivity index (χ0n) is 16.8. The van der Waals surface area contributed by atoms with Crippen molar-refractivity contribution in [1.82, 2.24) is 19.7 Å². The Balaban J connectivity index is 0.000000994. The molecular weight excluding hydrogens is 384 g/mol. The molecule has 0 spiro atoms. The van der Waals surface area contributed by atoms with Gasteiger partial charge < -0.3 is 10.0 Å². The van der Waals surface area contributed by atoms with Crippen molar-refractivity contribution in [3.05, 3.63) is 47.1 Å². The van der Waals surface area contributed by atoms with E-state index in [2.05, 4.69) is 41.3 Å². The summed E-state index contributed by atoms with van der Waals surface area (Å²) in [7, 11) is 2.90. The molecule has 1 amide bonds. The smallest absolute Gasteiger partial charge is 0.264 e. The lowest BCUT2D eigenvalue weighted by Crippen LogP contribution is -2.27. The minimum Gasteiger partial charge on any atom is -0.400 e. The summed E-state index contributed by atoms with van der Waals surface area (Å²) in [6.07, 6.45) is 6.08. The van der Waals surface area contributed by atoms with E-state index < -0.39 is 0 Å². The van der Waals surface area contributed by atoms with Crippen molar-refractivity contribution in [2.24, 2.45) is 7.05 Å². The number of nitrogens with zero attached hydrogens (tertiary/aromatic N) is 4. The number of benzene rings is 1. The summed E-state index contributed by atoms with van der Waals surface area (Å²) in [5.41, 5.74) is 4.03. The van der Waals surface area contributed by atoms with Crippen LogP contribution in [0.4, 0.5) is 0 Å². The number of carbonyl (C=O) groups is 1. The minimum atomic E-state index is 0.186. The predicted molar refractivity (Wildman–Crippen MR) is 117 cm³/mol. The topological polar surface area (TPSA) is 71.2 Å². The molecule has 1 aromatic carbocycles. The molecule has 0 radical (unpaired) electrons. The van der Waals surface area contributed by atoms with Crippen LogP contribution in [-0.4, -0.2) is 50.9 Å². The molecule has 1 aliphatic rings. The van der Waals surface area contributed by atoms with Crippen LogP contribution >= 0.6 is 11.3 Å². The van der Waals surface area contributed by atoms with Crippen LogP contribution in [0.5, 0.6) is 0 Å². The number of aryl methyl sites for hydroxylation is 2. The van der Waals surface area contributed by atoms with Crippen LogP contribution in [0.2, 0.25) is 0 Å². The van der Waals surface area contributed by atoms with Gasteiger partial charge in [0.1, 0.15) is 0 Å². The predicted octanol–water partition coefficient (Wildman–Crippen LogP) is 4.00. The van der Waals surface area contributed by atoms with Crippen molar-refractivity contribution in [1.29, 1.82) is 0 Å². The first-order chi connectivity index (χ1) is 14.1. The number of carbonyl (C=O) groups excluding carboxylic acids is 1. The van der Waals surface area contributed by atoms with Crippen LogP contribution in [0.25, 0.3) is 32.2 Å². The summed E-state index contributed by atoms with van der Waals surface area (Å²) in [6, 6.07) is 8.54. The normalized spacial score (nSPS) is 13.7. The molecule has 0 saturated carbocycles. The number of rotatable bonds is 2. The van der Waals surface area contributed by atoms with Gasteiger partial charge in [-0.3, -0.25) is 9.48 Å². The molecule has 3 aromatic heterocycles. The maximum atomic E-state index is 12.9. The third-order valence-corrected chi connectivity index (χ3v) is 6.58. The van der Waals surface area contributed by atoms with E-state index in [0.29, 0.717) is 0 Å². The summed E-state index contributed by atoms with van der Waals surface area (Å²) in [5, 5.41) is 13.5. The van der Waals surface area contributed by atoms with E-state index in [1.54, 1.807) is 16.0 Å². The molecule has 4 heterocycles. The van der Waals surface area contributed by atoms with Gasteiger partial charge in [-0.05, 0) is 48.4 Å². The van der Waals surface area contributed by atoms with Crippen LogP contribution in [0.15, 0.2) is 36.7 Å². The number of thiophene rings is 1. The van der Waals surface area contributed by atoms with Crippen LogP contribution in [0.1, 0.15) is 28.1 Å². The summed E-state index contributed by atoms with van der Waals surface area (Å²) in [4.78, 5) is 20.2. The van der Waals surface area contributed by atoms with Crippen molar-refractivity contribution in [2.75, 3.05) is 20.2 Å². The molecule has 7 heteroatoms. The fourth-order valence-electron chi connectivity index (χ4n) is 3.86. The number of hydrogen-bond donors (Lipinski definition) is 1. The van der Waals surface area contributed by atoms with Crippen molar-refractivity contribution in [3.63, 3.8) is 0 Å². The number of likely N-dealkylation sites (tertiary alicyclic amines) is 1. The molecule has 6 nitrogen and oxygen atoms in total. The third-order valence-electron chi connectivity index (χ3n) is 5.33. The Labute approximate surface area is 173 Å². The number of aliphatic hydroxyl groups excluding tert-OH is 1. The lowest BCUT2D eigenvalue weighted by Gasteiger charge is -2.14. The maximum Gasteiger partial charge on any atom is 0.264 e. The first kappa shape index (κ1) is 19.5. The number of pyridine rings is 1. The second-order valence-corrected chi connectivity index (χ2v) is 8.26. The molecule has 1 saturated heterocycles. The molecule has 0 aliphatic carbocycles. The lowest BCUT2D eigenvalue weighted by atomic mass is 10.0. The average Bonchev–Trinajstić information content (AvgIpc) is 3.47. The van der Waals surface area contributed by atoms with Gasteiger partial charge in [-0.2, -0.15) is 5.10 Å². The average molecular weight is 409 g/mol. The Hall–Kier alpha value is -2.77. The largest absolute Gasteiger partial charge is 0.400 e. The second kappa shape index (κ2) is 7.93. The Morgan fingerprint density at radius 3 is 2.66 bits per heavy atom. The van der Waals surface area contributed by atoms with E-state index in [-0.39, 0.29) is 5.91 Å². The molecule has 5 rings (SSSR count). The first-order valence-corrected chi connectivity index (χ1v) is 10.5. The van der Waals surface area contributed by atoms with Gasteiger partial charge in [0.2, 0.25) is 0 Å². The van der Waals surface area contributed by atoms with Gasteiger partial charge in [0.25, 0.3) is 5.91 Å². The summed E-state index contributed by atoms with van der Waals surface area (Å²) >= 11 is 1.61. The van der Waals surface area contributed by atoms with Gasteiger partial charge in [-0.25, -0.2) is 4.98 Å². The first-order valence-electron chi connectivity index (χ1n) is 9.67. The van der Waals surface area contributed by atoms with Crippen molar-refractivity contribution in [2.45, 2.75) is 19.8 Å². The monoisotopic (exact) mass is 408 g/mol. The summed E-state index contributed by atoms with van der Waals surface area (Å²) in [6.45, 7) is 3.83. The van der Waals surface area contributed by atoms with Gasteiger partial charge in [-0.15, -0.1) is 11.3 Å². The Morgan fingerprint density at radius 1 is 1.14 bits per heavy atom. The highest BCUT2D eigenvalue weighted by Gasteiger charge is 2.23. The van der Waals surface area contributed by atoms with Gasteiger partial charge in [-0.1, -0.05) is 12.1 Å².